The molecule has 126 valence electrons. The largest absolute Gasteiger partial charge is 0.352 e. The van der Waals surface area contributed by atoms with E-state index in [0.717, 1.165) is 18.5 Å². The van der Waals surface area contributed by atoms with Crippen LogP contribution in [0.3, 0.4) is 0 Å². The van der Waals surface area contributed by atoms with Crippen molar-refractivity contribution in [3.63, 3.8) is 0 Å². The lowest BCUT2D eigenvalue weighted by atomic mass is 9.99. The number of rotatable bonds is 6. The van der Waals surface area contributed by atoms with Gasteiger partial charge in [0.1, 0.15) is 5.82 Å². The SMILES string of the molecule is CN(c1ccccc1)c1ccc(C(=O)[C@H](C#N)C(=O)NC2CC2)cn1. The summed E-state index contributed by atoms with van der Waals surface area (Å²) in [6, 6.07) is 14.9. The summed E-state index contributed by atoms with van der Waals surface area (Å²) in [7, 11) is 1.88. The molecular formula is C19H18N4O2. The number of hydrogen-bond donors (Lipinski definition) is 1. The highest BCUT2D eigenvalue weighted by Crippen LogP contribution is 2.22. The van der Waals surface area contributed by atoms with Gasteiger partial charge in [0.05, 0.1) is 6.07 Å². The van der Waals surface area contributed by atoms with Crippen LogP contribution in [0.4, 0.5) is 11.5 Å². The average molecular weight is 334 g/mol. The summed E-state index contributed by atoms with van der Waals surface area (Å²) < 4.78 is 0. The Morgan fingerprint density at radius 3 is 2.52 bits per heavy atom. The van der Waals surface area contributed by atoms with Crippen molar-refractivity contribution in [2.75, 3.05) is 11.9 Å². The van der Waals surface area contributed by atoms with E-state index in [1.807, 2.05) is 42.3 Å². The van der Waals surface area contributed by atoms with Crippen molar-refractivity contribution in [2.24, 2.45) is 5.92 Å². The monoisotopic (exact) mass is 334 g/mol. The molecule has 0 unspecified atom stereocenters. The van der Waals surface area contributed by atoms with Gasteiger partial charge in [0.15, 0.2) is 11.7 Å². The van der Waals surface area contributed by atoms with Gasteiger partial charge in [0.2, 0.25) is 5.91 Å². The van der Waals surface area contributed by atoms with E-state index in [1.54, 1.807) is 18.2 Å². The molecule has 3 rings (SSSR count). The number of anilines is 2. The predicted octanol–water partition coefficient (Wildman–Crippen LogP) is 2.45. The number of carbonyl (C=O) groups excluding carboxylic acids is 2. The van der Waals surface area contributed by atoms with E-state index in [9.17, 15) is 14.9 Å². The number of aromatic nitrogens is 1. The summed E-state index contributed by atoms with van der Waals surface area (Å²) in [6.07, 6.45) is 3.21. The van der Waals surface area contributed by atoms with Gasteiger partial charge < -0.3 is 10.2 Å². The van der Waals surface area contributed by atoms with E-state index in [2.05, 4.69) is 10.3 Å². The van der Waals surface area contributed by atoms with Crippen LogP contribution in [0.15, 0.2) is 48.7 Å². The van der Waals surface area contributed by atoms with Gasteiger partial charge in [-0.3, -0.25) is 9.59 Å². The van der Waals surface area contributed by atoms with Crippen LogP contribution in [0.2, 0.25) is 0 Å². The van der Waals surface area contributed by atoms with Crippen molar-refractivity contribution >= 4 is 23.2 Å². The Hall–Kier alpha value is -3.20. The third-order valence-electron chi connectivity index (χ3n) is 4.10. The van der Waals surface area contributed by atoms with Gasteiger partial charge in [-0.2, -0.15) is 5.26 Å². The number of ketones is 1. The molecule has 6 heteroatoms. The van der Waals surface area contributed by atoms with E-state index in [0.29, 0.717) is 5.82 Å². The molecule has 1 amide bonds. The maximum atomic E-state index is 12.4. The minimum atomic E-state index is -1.33. The minimum Gasteiger partial charge on any atom is -0.352 e. The van der Waals surface area contributed by atoms with Gasteiger partial charge in [-0.25, -0.2) is 4.98 Å². The Morgan fingerprint density at radius 1 is 1.24 bits per heavy atom. The number of benzene rings is 1. The first kappa shape index (κ1) is 16.7. The number of hydrogen-bond acceptors (Lipinski definition) is 5. The van der Waals surface area contributed by atoms with Gasteiger partial charge in [-0.05, 0) is 37.1 Å². The van der Waals surface area contributed by atoms with E-state index in [4.69, 9.17) is 0 Å². The number of carbonyl (C=O) groups is 2. The molecule has 1 heterocycles. The first-order valence-electron chi connectivity index (χ1n) is 8.09. The Morgan fingerprint density at radius 2 is 1.96 bits per heavy atom. The summed E-state index contributed by atoms with van der Waals surface area (Å²) in [5, 5.41) is 11.9. The van der Waals surface area contributed by atoms with Crippen LogP contribution in [-0.2, 0) is 4.79 Å². The van der Waals surface area contributed by atoms with Crippen molar-refractivity contribution in [1.82, 2.24) is 10.3 Å². The van der Waals surface area contributed by atoms with Crippen LogP contribution in [0.25, 0.3) is 0 Å². The molecule has 6 nitrogen and oxygen atoms in total. The number of amides is 1. The Balaban J connectivity index is 1.73. The van der Waals surface area contributed by atoms with Crippen LogP contribution < -0.4 is 10.2 Å². The highest BCUT2D eigenvalue weighted by atomic mass is 16.2. The van der Waals surface area contributed by atoms with Crippen LogP contribution >= 0.6 is 0 Å². The van der Waals surface area contributed by atoms with Gasteiger partial charge in [0, 0.05) is 30.5 Å². The molecular weight excluding hydrogens is 316 g/mol. The second kappa shape index (κ2) is 7.14. The number of para-hydroxylation sites is 1. The molecule has 0 aliphatic heterocycles. The fraction of sp³-hybridized carbons (Fsp3) is 0.263. The van der Waals surface area contributed by atoms with E-state index in [1.165, 1.54) is 6.20 Å². The number of pyridine rings is 1. The summed E-state index contributed by atoms with van der Waals surface area (Å²) >= 11 is 0. The Kier molecular flexibility index (Phi) is 4.75. The maximum absolute atomic E-state index is 12.4. The lowest BCUT2D eigenvalue weighted by Gasteiger charge is -2.18. The highest BCUT2D eigenvalue weighted by molar-refractivity contribution is 6.12. The van der Waals surface area contributed by atoms with Gasteiger partial charge in [-0.1, -0.05) is 18.2 Å². The quantitative estimate of drug-likeness (QED) is 0.648. The smallest absolute Gasteiger partial charge is 0.245 e. The van der Waals surface area contributed by atoms with Crippen LogP contribution in [0.5, 0.6) is 0 Å². The Bertz CT molecular complexity index is 808. The molecule has 1 atom stereocenters. The third kappa shape index (κ3) is 3.83. The van der Waals surface area contributed by atoms with Crippen LogP contribution in [0, 0.1) is 17.2 Å². The van der Waals surface area contributed by atoms with Crippen molar-refractivity contribution < 1.29 is 9.59 Å². The molecule has 2 aromatic rings. The van der Waals surface area contributed by atoms with Crippen molar-refractivity contribution in [1.29, 1.82) is 5.26 Å². The van der Waals surface area contributed by atoms with E-state index < -0.39 is 17.6 Å². The molecule has 0 spiro atoms. The topological polar surface area (TPSA) is 86.1 Å². The normalized spacial score (nSPS) is 14.2. The molecule has 1 aliphatic carbocycles. The standard InChI is InChI=1S/C19H18N4O2/c1-23(15-5-3-2-4-6-15)17-10-7-13(12-21-17)18(24)16(11-20)19(25)22-14-8-9-14/h2-7,10,12,14,16H,8-9H2,1H3,(H,22,25)/t16-/m0/s1. The third-order valence-corrected chi connectivity index (χ3v) is 4.10. The van der Waals surface area contributed by atoms with Crippen LogP contribution in [-0.4, -0.2) is 29.8 Å². The average Bonchev–Trinajstić information content (AvgIpc) is 3.46. The fourth-order valence-electron chi connectivity index (χ4n) is 2.43. The molecule has 1 saturated carbocycles. The fourth-order valence-corrected chi connectivity index (χ4v) is 2.43. The number of nitrogens with one attached hydrogen (secondary N) is 1. The molecule has 1 aromatic heterocycles. The minimum absolute atomic E-state index is 0.108. The molecule has 0 saturated heterocycles. The van der Waals surface area contributed by atoms with Gasteiger partial charge in [-0.15, -0.1) is 0 Å². The number of nitriles is 1. The first-order valence-corrected chi connectivity index (χ1v) is 8.09. The highest BCUT2D eigenvalue weighted by Gasteiger charge is 2.32. The van der Waals surface area contributed by atoms with Gasteiger partial charge in [0.25, 0.3) is 0 Å². The molecule has 0 radical (unpaired) electrons. The Labute approximate surface area is 146 Å². The maximum Gasteiger partial charge on any atom is 0.245 e. The number of Topliss-reactive ketones (excluding diaryl/α,β-unsaturated/α-hetero) is 1. The summed E-state index contributed by atoms with van der Waals surface area (Å²) in [5.74, 6) is -1.72. The lowest BCUT2D eigenvalue weighted by molar-refractivity contribution is -0.122. The molecule has 1 fully saturated rings. The van der Waals surface area contributed by atoms with Crippen molar-refractivity contribution in [2.45, 2.75) is 18.9 Å². The molecule has 1 aromatic carbocycles. The summed E-state index contributed by atoms with van der Waals surface area (Å²) in [4.78, 5) is 30.6. The second-order valence-corrected chi connectivity index (χ2v) is 6.01. The van der Waals surface area contributed by atoms with Crippen molar-refractivity contribution in [3.8, 4) is 6.07 Å². The van der Waals surface area contributed by atoms with Gasteiger partial charge >= 0.3 is 0 Å². The molecule has 25 heavy (non-hydrogen) atoms. The molecule has 1 aliphatic rings. The second-order valence-electron chi connectivity index (χ2n) is 6.01. The van der Waals surface area contributed by atoms with E-state index >= 15 is 0 Å². The lowest BCUT2D eigenvalue weighted by Crippen LogP contribution is -2.36. The first-order chi connectivity index (χ1) is 12.1. The zero-order valence-electron chi connectivity index (χ0n) is 13.8. The zero-order chi connectivity index (χ0) is 17.8. The predicted molar refractivity (Wildman–Crippen MR) is 93.3 cm³/mol. The summed E-state index contributed by atoms with van der Waals surface area (Å²) in [6.45, 7) is 0. The summed E-state index contributed by atoms with van der Waals surface area (Å²) in [5.41, 5.74) is 1.22. The van der Waals surface area contributed by atoms with Crippen molar-refractivity contribution in [3.05, 3.63) is 54.2 Å². The number of nitrogens with zero attached hydrogens (tertiary/aromatic N) is 3. The van der Waals surface area contributed by atoms with Crippen LogP contribution in [0.1, 0.15) is 23.2 Å². The van der Waals surface area contributed by atoms with E-state index in [-0.39, 0.29) is 11.6 Å². The zero-order valence-corrected chi connectivity index (χ0v) is 13.8. The molecule has 1 N–H and O–H groups in total. The molecule has 0 bridgehead atoms.